The van der Waals surface area contributed by atoms with Crippen LogP contribution >= 0.6 is 0 Å². The van der Waals surface area contributed by atoms with Crippen molar-refractivity contribution in [1.82, 2.24) is 10.6 Å². The Labute approximate surface area is 90.8 Å². The quantitative estimate of drug-likeness (QED) is 0.591. The molecule has 0 bridgehead atoms. The lowest BCUT2D eigenvalue weighted by atomic mass is 10.1. The summed E-state index contributed by atoms with van der Waals surface area (Å²) in [5.74, 6) is -0.690. The SMILES string of the molecule is CC(NC(=O)CCNC(C)(C)C)C(N)=O. The van der Waals surface area contributed by atoms with Gasteiger partial charge in [0.05, 0.1) is 0 Å². The van der Waals surface area contributed by atoms with Crippen molar-refractivity contribution < 1.29 is 9.59 Å². The van der Waals surface area contributed by atoms with Gasteiger partial charge in [0.25, 0.3) is 0 Å². The number of nitrogens with two attached hydrogens (primary N) is 1. The zero-order chi connectivity index (χ0) is 12.1. The molecule has 0 aromatic rings. The number of amides is 2. The number of carbonyl (C=O) groups excluding carboxylic acids is 2. The predicted molar refractivity (Wildman–Crippen MR) is 59.2 cm³/mol. The van der Waals surface area contributed by atoms with Crippen LogP contribution in [-0.4, -0.2) is 29.9 Å². The van der Waals surface area contributed by atoms with Crippen LogP contribution in [0.25, 0.3) is 0 Å². The third-order valence-electron chi connectivity index (χ3n) is 1.81. The van der Waals surface area contributed by atoms with Crippen LogP contribution in [0.4, 0.5) is 0 Å². The maximum absolute atomic E-state index is 11.3. The summed E-state index contributed by atoms with van der Waals surface area (Å²) in [6.07, 6.45) is 0.342. The lowest BCUT2D eigenvalue weighted by molar-refractivity contribution is -0.126. The van der Waals surface area contributed by atoms with Gasteiger partial charge in [-0.3, -0.25) is 9.59 Å². The predicted octanol–water partition coefficient (Wildman–Crippen LogP) is -0.245. The maximum atomic E-state index is 11.3. The third kappa shape index (κ3) is 7.93. The van der Waals surface area contributed by atoms with E-state index in [1.807, 2.05) is 20.8 Å². The van der Waals surface area contributed by atoms with Crippen LogP contribution in [0.5, 0.6) is 0 Å². The van der Waals surface area contributed by atoms with E-state index in [0.717, 1.165) is 0 Å². The number of carbonyl (C=O) groups is 2. The van der Waals surface area contributed by atoms with Crippen molar-refractivity contribution in [3.8, 4) is 0 Å². The van der Waals surface area contributed by atoms with Gasteiger partial charge in [-0.15, -0.1) is 0 Å². The Balaban J connectivity index is 3.72. The van der Waals surface area contributed by atoms with E-state index in [-0.39, 0.29) is 11.4 Å². The Morgan fingerprint density at radius 3 is 2.27 bits per heavy atom. The zero-order valence-electron chi connectivity index (χ0n) is 9.89. The largest absolute Gasteiger partial charge is 0.368 e. The van der Waals surface area contributed by atoms with Crippen molar-refractivity contribution in [2.75, 3.05) is 6.54 Å². The fourth-order valence-corrected chi connectivity index (χ4v) is 0.936. The zero-order valence-corrected chi connectivity index (χ0v) is 9.89. The highest BCUT2D eigenvalue weighted by atomic mass is 16.2. The fourth-order valence-electron chi connectivity index (χ4n) is 0.936. The van der Waals surface area contributed by atoms with Crippen LogP contribution < -0.4 is 16.4 Å². The smallest absolute Gasteiger partial charge is 0.239 e. The molecule has 0 aliphatic rings. The molecular formula is C10H21N3O2. The summed E-state index contributed by atoms with van der Waals surface area (Å²) in [4.78, 5) is 21.9. The van der Waals surface area contributed by atoms with Gasteiger partial charge in [0, 0.05) is 18.5 Å². The number of hydrogen-bond donors (Lipinski definition) is 3. The van der Waals surface area contributed by atoms with Crippen molar-refractivity contribution in [1.29, 1.82) is 0 Å². The summed E-state index contributed by atoms with van der Waals surface area (Å²) in [5, 5.41) is 5.69. The average Bonchev–Trinajstić information content (AvgIpc) is 2.01. The van der Waals surface area contributed by atoms with E-state index in [2.05, 4.69) is 10.6 Å². The summed E-state index contributed by atoms with van der Waals surface area (Å²) in [5.41, 5.74) is 5.01. The maximum Gasteiger partial charge on any atom is 0.239 e. The Morgan fingerprint density at radius 2 is 1.87 bits per heavy atom. The van der Waals surface area contributed by atoms with Gasteiger partial charge in [0.2, 0.25) is 11.8 Å². The van der Waals surface area contributed by atoms with Crippen LogP contribution in [-0.2, 0) is 9.59 Å². The molecule has 0 saturated carbocycles. The Hall–Kier alpha value is -1.10. The molecule has 5 heteroatoms. The van der Waals surface area contributed by atoms with Crippen molar-refractivity contribution >= 4 is 11.8 Å². The summed E-state index contributed by atoms with van der Waals surface area (Å²) in [6, 6.07) is -0.605. The molecule has 2 amide bonds. The number of hydrogen-bond acceptors (Lipinski definition) is 3. The van der Waals surface area contributed by atoms with Crippen molar-refractivity contribution in [2.45, 2.75) is 45.7 Å². The van der Waals surface area contributed by atoms with E-state index in [4.69, 9.17) is 5.73 Å². The van der Waals surface area contributed by atoms with E-state index in [9.17, 15) is 9.59 Å². The summed E-state index contributed by atoms with van der Waals surface area (Å²) in [6.45, 7) is 8.23. The van der Waals surface area contributed by atoms with E-state index in [1.165, 1.54) is 0 Å². The second-order valence-corrected chi connectivity index (χ2v) is 4.62. The Kier molecular flexibility index (Phi) is 5.28. The van der Waals surface area contributed by atoms with Crippen molar-refractivity contribution in [3.63, 3.8) is 0 Å². The molecule has 0 fully saturated rings. The molecule has 15 heavy (non-hydrogen) atoms. The first-order valence-electron chi connectivity index (χ1n) is 5.06. The van der Waals surface area contributed by atoms with Gasteiger partial charge < -0.3 is 16.4 Å². The first-order chi connectivity index (χ1) is 6.72. The molecule has 0 aromatic heterocycles. The van der Waals surface area contributed by atoms with E-state index in [0.29, 0.717) is 13.0 Å². The third-order valence-corrected chi connectivity index (χ3v) is 1.81. The highest BCUT2D eigenvalue weighted by Crippen LogP contribution is 1.97. The molecule has 0 aromatic carbocycles. The highest BCUT2D eigenvalue weighted by Gasteiger charge is 2.13. The minimum Gasteiger partial charge on any atom is -0.368 e. The minimum absolute atomic E-state index is 0.00438. The molecule has 0 saturated heterocycles. The molecule has 5 nitrogen and oxygen atoms in total. The normalized spacial score (nSPS) is 13.3. The highest BCUT2D eigenvalue weighted by molar-refractivity contribution is 5.86. The molecule has 0 aliphatic heterocycles. The van der Waals surface area contributed by atoms with Crippen LogP contribution in [0, 0.1) is 0 Å². The Bertz CT molecular complexity index is 233. The van der Waals surface area contributed by atoms with Gasteiger partial charge in [0.15, 0.2) is 0 Å². The van der Waals surface area contributed by atoms with Crippen LogP contribution in [0.15, 0.2) is 0 Å². The van der Waals surface area contributed by atoms with Crippen LogP contribution in [0.1, 0.15) is 34.1 Å². The second kappa shape index (κ2) is 5.70. The molecule has 0 heterocycles. The fraction of sp³-hybridized carbons (Fsp3) is 0.800. The lowest BCUT2D eigenvalue weighted by Gasteiger charge is -2.20. The number of nitrogens with one attached hydrogen (secondary N) is 2. The van der Waals surface area contributed by atoms with Gasteiger partial charge in [-0.2, -0.15) is 0 Å². The van der Waals surface area contributed by atoms with Crippen molar-refractivity contribution in [2.24, 2.45) is 5.73 Å². The molecular weight excluding hydrogens is 194 g/mol. The monoisotopic (exact) mass is 215 g/mol. The van der Waals surface area contributed by atoms with Gasteiger partial charge in [0.1, 0.15) is 6.04 Å². The van der Waals surface area contributed by atoms with Crippen molar-refractivity contribution in [3.05, 3.63) is 0 Å². The van der Waals surface area contributed by atoms with E-state index < -0.39 is 11.9 Å². The molecule has 0 spiro atoms. The average molecular weight is 215 g/mol. The molecule has 1 atom stereocenters. The molecule has 4 N–H and O–H groups in total. The first kappa shape index (κ1) is 13.9. The van der Waals surface area contributed by atoms with Crippen LogP contribution in [0.3, 0.4) is 0 Å². The van der Waals surface area contributed by atoms with Gasteiger partial charge >= 0.3 is 0 Å². The number of primary amides is 1. The van der Waals surface area contributed by atoms with E-state index in [1.54, 1.807) is 6.92 Å². The van der Waals surface area contributed by atoms with E-state index >= 15 is 0 Å². The molecule has 0 rings (SSSR count). The second-order valence-electron chi connectivity index (χ2n) is 4.62. The first-order valence-corrected chi connectivity index (χ1v) is 5.06. The summed E-state index contributed by atoms with van der Waals surface area (Å²) < 4.78 is 0. The lowest BCUT2D eigenvalue weighted by Crippen LogP contribution is -2.44. The molecule has 1 unspecified atom stereocenters. The van der Waals surface area contributed by atoms with Gasteiger partial charge in [-0.05, 0) is 27.7 Å². The van der Waals surface area contributed by atoms with Gasteiger partial charge in [-0.1, -0.05) is 0 Å². The van der Waals surface area contributed by atoms with Gasteiger partial charge in [-0.25, -0.2) is 0 Å². The topological polar surface area (TPSA) is 84.2 Å². The Morgan fingerprint density at radius 1 is 1.33 bits per heavy atom. The summed E-state index contributed by atoms with van der Waals surface area (Å²) >= 11 is 0. The number of rotatable bonds is 5. The molecule has 0 aliphatic carbocycles. The standard InChI is InChI=1S/C10H21N3O2/c1-7(9(11)15)13-8(14)5-6-12-10(2,3)4/h7,12H,5-6H2,1-4H3,(H2,11,15)(H,13,14). The minimum atomic E-state index is -0.605. The van der Waals surface area contributed by atoms with Crippen LogP contribution in [0.2, 0.25) is 0 Å². The summed E-state index contributed by atoms with van der Waals surface area (Å²) in [7, 11) is 0. The molecule has 88 valence electrons. The molecule has 0 radical (unpaired) electrons.